The molecule has 1 atom stereocenters. The van der Waals surface area contributed by atoms with Crippen LogP contribution in [0.15, 0.2) is 0 Å². The third kappa shape index (κ3) is 18.2. The number of hydrogen-bond acceptors (Lipinski definition) is 4. The highest BCUT2D eigenvalue weighted by Gasteiger charge is 2.10. The lowest BCUT2D eigenvalue weighted by atomic mass is 10.2. The highest BCUT2D eigenvalue weighted by Crippen LogP contribution is 2.04. The van der Waals surface area contributed by atoms with Gasteiger partial charge in [-0.15, -0.1) is 0 Å². The molecule has 0 saturated carbocycles. The maximum Gasteiger partial charge on any atom is 0.104 e. The summed E-state index contributed by atoms with van der Waals surface area (Å²) >= 11 is 0. The largest absolute Gasteiger partial charge is 0.379 e. The van der Waals surface area contributed by atoms with Gasteiger partial charge in [-0.25, -0.2) is 0 Å². The molecule has 0 heterocycles. The summed E-state index contributed by atoms with van der Waals surface area (Å²) in [6.45, 7) is 11.5. The Morgan fingerprint density at radius 2 is 1.08 bits per heavy atom. The van der Waals surface area contributed by atoms with E-state index in [4.69, 9.17) is 18.9 Å². The summed E-state index contributed by atoms with van der Waals surface area (Å²) in [5.74, 6) is 0. The van der Waals surface area contributed by atoms with Crippen LogP contribution < -0.4 is 0 Å². The Hall–Kier alpha value is -0.160. The van der Waals surface area contributed by atoms with Crippen LogP contribution in [0.2, 0.25) is 0 Å². The van der Waals surface area contributed by atoms with Crippen LogP contribution in [-0.2, 0) is 18.9 Å². The number of unbranched alkanes of at least 4 members (excludes halogenated alkanes) is 6. The van der Waals surface area contributed by atoms with Gasteiger partial charge in [-0.2, -0.15) is 0 Å². The Morgan fingerprint density at radius 1 is 0.500 bits per heavy atom. The van der Waals surface area contributed by atoms with Gasteiger partial charge in [0, 0.05) is 19.8 Å². The summed E-state index contributed by atoms with van der Waals surface area (Å²) in [7, 11) is 0. The van der Waals surface area contributed by atoms with Crippen molar-refractivity contribution in [2.75, 3.05) is 46.2 Å². The van der Waals surface area contributed by atoms with E-state index in [1.54, 1.807) is 0 Å². The van der Waals surface area contributed by atoms with E-state index < -0.39 is 0 Å². The number of hydrogen-bond donors (Lipinski definition) is 0. The zero-order valence-corrected chi connectivity index (χ0v) is 16.5. The Labute approximate surface area is 150 Å². The summed E-state index contributed by atoms with van der Waals surface area (Å²) in [6.07, 6.45) is 11.0. The second-order valence-corrected chi connectivity index (χ2v) is 6.38. The monoisotopic (exact) mass is 346 g/mol. The first-order chi connectivity index (χ1) is 11.8. The van der Waals surface area contributed by atoms with Crippen LogP contribution >= 0.6 is 0 Å². The third-order valence-corrected chi connectivity index (χ3v) is 3.82. The lowest BCUT2D eigenvalue weighted by Gasteiger charge is -2.18. The van der Waals surface area contributed by atoms with Crippen molar-refractivity contribution in [3.8, 4) is 0 Å². The third-order valence-electron chi connectivity index (χ3n) is 3.82. The van der Waals surface area contributed by atoms with Crippen LogP contribution in [0.25, 0.3) is 0 Å². The Balaban J connectivity index is 3.70. The van der Waals surface area contributed by atoms with E-state index in [-0.39, 0.29) is 6.10 Å². The molecule has 0 aromatic rings. The van der Waals surface area contributed by atoms with E-state index in [1.165, 1.54) is 38.5 Å². The molecule has 146 valence electrons. The normalized spacial score (nSPS) is 12.6. The minimum absolute atomic E-state index is 0.0451. The van der Waals surface area contributed by atoms with E-state index in [1.807, 2.05) is 0 Å². The Bertz CT molecular complexity index is 224. The summed E-state index contributed by atoms with van der Waals surface area (Å²) in [4.78, 5) is 0. The first-order valence-electron chi connectivity index (χ1n) is 10.2. The van der Waals surface area contributed by atoms with Crippen molar-refractivity contribution in [2.45, 2.75) is 84.7 Å². The highest BCUT2D eigenvalue weighted by molar-refractivity contribution is 4.56. The van der Waals surface area contributed by atoms with E-state index in [2.05, 4.69) is 20.8 Å². The van der Waals surface area contributed by atoms with E-state index in [0.717, 1.165) is 39.1 Å². The van der Waals surface area contributed by atoms with Crippen molar-refractivity contribution in [1.82, 2.24) is 0 Å². The molecule has 0 fully saturated rings. The number of rotatable bonds is 20. The molecule has 0 spiro atoms. The van der Waals surface area contributed by atoms with Gasteiger partial charge in [0.2, 0.25) is 0 Å². The molecule has 0 aliphatic carbocycles. The topological polar surface area (TPSA) is 36.9 Å². The first-order valence-corrected chi connectivity index (χ1v) is 10.2. The SMILES string of the molecule is CCCCCCCOCC(COCCOCCC)OCCCCC. The predicted octanol–water partition coefficient (Wildman–Crippen LogP) is 4.99. The maximum absolute atomic E-state index is 5.93. The van der Waals surface area contributed by atoms with E-state index >= 15 is 0 Å². The van der Waals surface area contributed by atoms with Gasteiger partial charge in [0.15, 0.2) is 0 Å². The van der Waals surface area contributed by atoms with E-state index in [0.29, 0.717) is 26.4 Å². The van der Waals surface area contributed by atoms with Crippen molar-refractivity contribution >= 4 is 0 Å². The van der Waals surface area contributed by atoms with Gasteiger partial charge >= 0.3 is 0 Å². The average molecular weight is 347 g/mol. The van der Waals surface area contributed by atoms with Crippen molar-refractivity contribution in [2.24, 2.45) is 0 Å². The standard InChI is InChI=1S/C20H42O4/c1-4-7-9-10-12-14-22-18-20(24-15-11-8-5-2)19-23-17-16-21-13-6-3/h20H,4-19H2,1-3H3. The Kier molecular flexibility index (Phi) is 20.7. The van der Waals surface area contributed by atoms with E-state index in [9.17, 15) is 0 Å². The summed E-state index contributed by atoms with van der Waals surface area (Å²) in [5, 5.41) is 0. The smallest absolute Gasteiger partial charge is 0.104 e. The first kappa shape index (κ1) is 23.8. The predicted molar refractivity (Wildman–Crippen MR) is 101 cm³/mol. The van der Waals surface area contributed by atoms with Crippen LogP contribution in [0.1, 0.15) is 78.6 Å². The molecule has 0 bridgehead atoms. The van der Waals surface area contributed by atoms with Gasteiger partial charge in [-0.3, -0.25) is 0 Å². The summed E-state index contributed by atoms with van der Waals surface area (Å²) in [6, 6.07) is 0. The molecule has 0 rings (SSSR count). The molecule has 0 aromatic carbocycles. The molecular weight excluding hydrogens is 304 g/mol. The van der Waals surface area contributed by atoms with Crippen LogP contribution in [0.3, 0.4) is 0 Å². The van der Waals surface area contributed by atoms with Crippen LogP contribution in [-0.4, -0.2) is 52.4 Å². The second kappa shape index (κ2) is 20.9. The second-order valence-electron chi connectivity index (χ2n) is 6.38. The van der Waals surface area contributed by atoms with Gasteiger partial charge in [-0.05, 0) is 19.3 Å². The maximum atomic E-state index is 5.93. The number of ether oxygens (including phenoxy) is 4. The molecule has 4 nitrogen and oxygen atoms in total. The fraction of sp³-hybridized carbons (Fsp3) is 1.00. The van der Waals surface area contributed by atoms with Crippen molar-refractivity contribution in [3.05, 3.63) is 0 Å². The van der Waals surface area contributed by atoms with Crippen molar-refractivity contribution in [1.29, 1.82) is 0 Å². The van der Waals surface area contributed by atoms with Crippen LogP contribution in [0.4, 0.5) is 0 Å². The molecule has 0 aliphatic rings. The molecule has 4 heteroatoms. The lowest BCUT2D eigenvalue weighted by Crippen LogP contribution is -2.27. The molecule has 0 saturated heterocycles. The molecule has 0 N–H and O–H groups in total. The van der Waals surface area contributed by atoms with Crippen molar-refractivity contribution < 1.29 is 18.9 Å². The van der Waals surface area contributed by atoms with Crippen molar-refractivity contribution in [3.63, 3.8) is 0 Å². The molecule has 0 aliphatic heterocycles. The van der Waals surface area contributed by atoms with Gasteiger partial charge < -0.3 is 18.9 Å². The zero-order valence-electron chi connectivity index (χ0n) is 16.5. The van der Waals surface area contributed by atoms with Gasteiger partial charge in [-0.1, -0.05) is 59.3 Å². The zero-order chi connectivity index (χ0) is 17.7. The summed E-state index contributed by atoms with van der Waals surface area (Å²) < 4.78 is 22.8. The molecule has 0 amide bonds. The Morgan fingerprint density at radius 3 is 1.79 bits per heavy atom. The van der Waals surface area contributed by atoms with Gasteiger partial charge in [0.05, 0.1) is 26.4 Å². The molecule has 1 unspecified atom stereocenters. The minimum Gasteiger partial charge on any atom is -0.379 e. The average Bonchev–Trinajstić information content (AvgIpc) is 2.60. The quantitative estimate of drug-likeness (QED) is 0.291. The molecule has 0 radical (unpaired) electrons. The lowest BCUT2D eigenvalue weighted by molar-refractivity contribution is -0.0680. The molecule has 0 aromatic heterocycles. The highest BCUT2D eigenvalue weighted by atomic mass is 16.6. The molecular formula is C20H42O4. The summed E-state index contributed by atoms with van der Waals surface area (Å²) in [5.41, 5.74) is 0. The fourth-order valence-electron chi connectivity index (χ4n) is 2.35. The van der Waals surface area contributed by atoms with Crippen LogP contribution in [0.5, 0.6) is 0 Å². The van der Waals surface area contributed by atoms with Gasteiger partial charge in [0.1, 0.15) is 6.10 Å². The minimum atomic E-state index is 0.0451. The van der Waals surface area contributed by atoms with Gasteiger partial charge in [0.25, 0.3) is 0 Å². The fourth-order valence-corrected chi connectivity index (χ4v) is 2.35. The van der Waals surface area contributed by atoms with Crippen LogP contribution in [0, 0.1) is 0 Å². The molecule has 24 heavy (non-hydrogen) atoms.